The van der Waals surface area contributed by atoms with Gasteiger partial charge in [-0.15, -0.1) is 0 Å². The Morgan fingerprint density at radius 2 is 1.83 bits per heavy atom. The van der Waals surface area contributed by atoms with Crippen LogP contribution in [-0.4, -0.2) is 26.9 Å². The monoisotopic (exact) mass is 379 g/mol. The van der Waals surface area contributed by atoms with Crippen LogP contribution in [0.5, 0.6) is 5.75 Å². The molecule has 0 aromatic heterocycles. The van der Waals surface area contributed by atoms with Gasteiger partial charge in [-0.1, -0.05) is 0 Å². The molecule has 102 valence electrons. The molecule has 1 aromatic carbocycles. The molecule has 0 aliphatic rings. The highest BCUT2D eigenvalue weighted by Crippen LogP contribution is 2.34. The first-order valence-corrected chi connectivity index (χ1v) is 7.60. The van der Waals surface area contributed by atoms with Crippen LogP contribution in [0.15, 0.2) is 21.1 Å². The number of nitrogens with one attached hydrogen (secondary N) is 1. The molecule has 1 N–H and O–H groups in total. The Hall–Kier alpha value is -0.100. The topological polar surface area (TPSA) is 30.5 Å². The van der Waals surface area contributed by atoms with Gasteiger partial charge in [0.2, 0.25) is 0 Å². The molecule has 5 heteroatoms. The maximum absolute atomic E-state index is 5.75. The maximum Gasteiger partial charge on any atom is 0.147 e. The zero-order valence-corrected chi connectivity index (χ0v) is 13.9. The van der Waals surface area contributed by atoms with E-state index in [4.69, 9.17) is 9.47 Å². The molecule has 0 aliphatic carbocycles. The Morgan fingerprint density at radius 1 is 1.17 bits per heavy atom. The lowest BCUT2D eigenvalue weighted by Crippen LogP contribution is -2.06. The summed E-state index contributed by atoms with van der Waals surface area (Å²) in [5.41, 5.74) is 1.21. The summed E-state index contributed by atoms with van der Waals surface area (Å²) < 4.78 is 13.0. The van der Waals surface area contributed by atoms with Crippen LogP contribution in [-0.2, 0) is 11.3 Å². The van der Waals surface area contributed by atoms with E-state index in [-0.39, 0.29) is 0 Å². The minimum Gasteiger partial charge on any atom is -0.491 e. The Balaban J connectivity index is 2.54. The smallest absolute Gasteiger partial charge is 0.147 e. The van der Waals surface area contributed by atoms with E-state index in [1.54, 1.807) is 0 Å². The van der Waals surface area contributed by atoms with Crippen LogP contribution < -0.4 is 10.1 Å². The average molecular weight is 381 g/mol. The van der Waals surface area contributed by atoms with Gasteiger partial charge in [0.25, 0.3) is 0 Å². The van der Waals surface area contributed by atoms with Crippen molar-refractivity contribution in [3.05, 3.63) is 26.6 Å². The molecule has 0 saturated heterocycles. The Kier molecular flexibility index (Phi) is 7.90. The molecule has 0 atom stereocenters. The summed E-state index contributed by atoms with van der Waals surface area (Å²) >= 11 is 7.07. The molecule has 0 fully saturated rings. The molecule has 3 nitrogen and oxygen atoms in total. The third-order valence-corrected chi connectivity index (χ3v) is 3.50. The van der Waals surface area contributed by atoms with Crippen LogP contribution >= 0.6 is 31.9 Å². The van der Waals surface area contributed by atoms with Crippen LogP contribution in [0.4, 0.5) is 0 Å². The second kappa shape index (κ2) is 8.91. The van der Waals surface area contributed by atoms with Crippen LogP contribution in [0.3, 0.4) is 0 Å². The van der Waals surface area contributed by atoms with E-state index in [9.17, 15) is 0 Å². The standard InChI is InChI=1S/C13H19Br2NO2/c1-3-17-5-4-6-18-13-11(14)7-10(9-16-2)8-12(13)15/h7-8,16H,3-6,9H2,1-2H3. The fraction of sp³-hybridized carbons (Fsp3) is 0.538. The number of hydrogen-bond acceptors (Lipinski definition) is 3. The molecular weight excluding hydrogens is 362 g/mol. The molecular formula is C13H19Br2NO2. The fourth-order valence-corrected chi connectivity index (χ4v) is 3.05. The van der Waals surface area contributed by atoms with Crippen molar-refractivity contribution in [3.63, 3.8) is 0 Å². The van der Waals surface area contributed by atoms with Crippen molar-refractivity contribution in [1.82, 2.24) is 5.32 Å². The average Bonchev–Trinajstić information content (AvgIpc) is 2.32. The molecule has 1 rings (SSSR count). The molecule has 0 spiro atoms. The van der Waals surface area contributed by atoms with Crippen LogP contribution in [0.2, 0.25) is 0 Å². The predicted octanol–water partition coefficient (Wildman–Crippen LogP) is 3.74. The van der Waals surface area contributed by atoms with Gasteiger partial charge in [0.05, 0.1) is 15.6 Å². The van der Waals surface area contributed by atoms with E-state index in [1.807, 2.05) is 14.0 Å². The van der Waals surface area contributed by atoms with Gasteiger partial charge in [-0.3, -0.25) is 0 Å². The summed E-state index contributed by atoms with van der Waals surface area (Å²) in [7, 11) is 1.93. The Labute approximate surface area is 125 Å². The van der Waals surface area contributed by atoms with E-state index in [0.717, 1.165) is 40.9 Å². The number of hydrogen-bond donors (Lipinski definition) is 1. The van der Waals surface area contributed by atoms with Crippen molar-refractivity contribution in [2.24, 2.45) is 0 Å². The molecule has 1 aromatic rings. The van der Waals surface area contributed by atoms with Crippen LogP contribution in [0.25, 0.3) is 0 Å². The first kappa shape index (κ1) is 16.0. The van der Waals surface area contributed by atoms with Gasteiger partial charge < -0.3 is 14.8 Å². The lowest BCUT2D eigenvalue weighted by Gasteiger charge is -2.12. The van der Waals surface area contributed by atoms with Crippen molar-refractivity contribution >= 4 is 31.9 Å². The number of rotatable bonds is 8. The summed E-state index contributed by atoms with van der Waals surface area (Å²) in [4.78, 5) is 0. The van der Waals surface area contributed by atoms with Gasteiger partial charge in [-0.05, 0) is 63.5 Å². The van der Waals surface area contributed by atoms with Crippen molar-refractivity contribution in [1.29, 1.82) is 0 Å². The first-order valence-electron chi connectivity index (χ1n) is 6.02. The highest BCUT2D eigenvalue weighted by Gasteiger charge is 2.08. The van der Waals surface area contributed by atoms with E-state index in [0.29, 0.717) is 6.61 Å². The van der Waals surface area contributed by atoms with Gasteiger partial charge in [0, 0.05) is 26.2 Å². The Morgan fingerprint density at radius 3 is 2.39 bits per heavy atom. The van der Waals surface area contributed by atoms with Gasteiger partial charge in [0.1, 0.15) is 5.75 Å². The van der Waals surface area contributed by atoms with E-state index >= 15 is 0 Å². The maximum atomic E-state index is 5.75. The molecule has 0 unspecified atom stereocenters. The number of benzene rings is 1. The summed E-state index contributed by atoms with van der Waals surface area (Å²) in [6.45, 7) is 4.98. The Bertz CT molecular complexity index is 349. The van der Waals surface area contributed by atoms with Gasteiger partial charge in [-0.25, -0.2) is 0 Å². The van der Waals surface area contributed by atoms with Gasteiger partial charge in [0.15, 0.2) is 0 Å². The molecule has 0 aliphatic heterocycles. The molecule has 18 heavy (non-hydrogen) atoms. The highest BCUT2D eigenvalue weighted by molar-refractivity contribution is 9.11. The van der Waals surface area contributed by atoms with Gasteiger partial charge in [-0.2, -0.15) is 0 Å². The third-order valence-electron chi connectivity index (χ3n) is 2.32. The minimum atomic E-state index is 0.655. The van der Waals surface area contributed by atoms with Crippen molar-refractivity contribution in [3.8, 4) is 5.75 Å². The first-order chi connectivity index (χ1) is 8.69. The minimum absolute atomic E-state index is 0.655. The number of halogens is 2. The van der Waals surface area contributed by atoms with Crippen molar-refractivity contribution in [2.75, 3.05) is 26.9 Å². The lowest BCUT2D eigenvalue weighted by atomic mass is 10.2. The molecule has 0 bridgehead atoms. The fourth-order valence-electron chi connectivity index (χ4n) is 1.54. The molecule has 0 saturated carbocycles. The largest absolute Gasteiger partial charge is 0.491 e. The van der Waals surface area contributed by atoms with E-state index in [1.165, 1.54) is 5.56 Å². The van der Waals surface area contributed by atoms with Crippen LogP contribution in [0.1, 0.15) is 18.9 Å². The van der Waals surface area contributed by atoms with Crippen molar-refractivity contribution < 1.29 is 9.47 Å². The van der Waals surface area contributed by atoms with Gasteiger partial charge >= 0.3 is 0 Å². The third kappa shape index (κ3) is 5.26. The highest BCUT2D eigenvalue weighted by atomic mass is 79.9. The number of ether oxygens (including phenoxy) is 2. The summed E-state index contributed by atoms with van der Waals surface area (Å²) in [5, 5.41) is 3.13. The molecule has 0 heterocycles. The van der Waals surface area contributed by atoms with Crippen LogP contribution in [0, 0.1) is 0 Å². The molecule has 0 radical (unpaired) electrons. The van der Waals surface area contributed by atoms with E-state index < -0.39 is 0 Å². The van der Waals surface area contributed by atoms with Crippen molar-refractivity contribution in [2.45, 2.75) is 19.9 Å². The predicted molar refractivity (Wildman–Crippen MR) is 81.2 cm³/mol. The van der Waals surface area contributed by atoms with E-state index in [2.05, 4.69) is 49.3 Å². The second-order valence-electron chi connectivity index (χ2n) is 3.82. The summed E-state index contributed by atoms with van der Waals surface area (Å²) in [6, 6.07) is 4.14. The lowest BCUT2D eigenvalue weighted by molar-refractivity contribution is 0.130. The quantitative estimate of drug-likeness (QED) is 0.697. The molecule has 0 amide bonds. The summed E-state index contributed by atoms with van der Waals surface area (Å²) in [5.74, 6) is 0.853. The zero-order valence-electron chi connectivity index (χ0n) is 10.8. The zero-order chi connectivity index (χ0) is 13.4. The summed E-state index contributed by atoms with van der Waals surface area (Å²) in [6.07, 6.45) is 0.894. The SMILES string of the molecule is CCOCCCOc1c(Br)cc(CNC)cc1Br. The second-order valence-corrected chi connectivity index (χ2v) is 5.53. The normalized spacial score (nSPS) is 10.7.